The molecule has 0 aromatic rings. The summed E-state index contributed by atoms with van der Waals surface area (Å²) in [5.74, 6) is -1.89. The fourth-order valence-corrected chi connectivity index (χ4v) is 0.453. The van der Waals surface area contributed by atoms with Gasteiger partial charge in [-0.15, -0.1) is 0 Å². The quantitative estimate of drug-likeness (QED) is 0.448. The van der Waals surface area contributed by atoms with Crippen LogP contribution < -0.4 is 11.5 Å². The molecule has 0 heterocycles. The highest BCUT2D eigenvalue weighted by Gasteiger charge is 2.14. The van der Waals surface area contributed by atoms with Gasteiger partial charge in [0.2, 0.25) is 5.91 Å². The monoisotopic (exact) mass is 158 g/mol. The first kappa shape index (κ1) is 9.64. The molecular weight excluding hydrogens is 148 g/mol. The Morgan fingerprint density at radius 2 is 2.00 bits per heavy atom. The highest BCUT2D eigenvalue weighted by atomic mass is 16.4. The Hall–Kier alpha value is -1.36. The van der Waals surface area contributed by atoms with E-state index in [1.54, 1.807) is 0 Å². The summed E-state index contributed by atoms with van der Waals surface area (Å²) in [5.41, 5.74) is 9.91. The number of hydrogen-bond donors (Lipinski definition) is 3. The van der Waals surface area contributed by atoms with Gasteiger partial charge in [-0.05, 0) is 0 Å². The summed E-state index contributed by atoms with van der Waals surface area (Å²) in [4.78, 5) is 20.5. The van der Waals surface area contributed by atoms with Gasteiger partial charge in [0.05, 0.1) is 0 Å². The number of primary amides is 1. The van der Waals surface area contributed by atoms with Crippen LogP contribution >= 0.6 is 0 Å². The number of carboxylic acid groups (broad SMARTS) is 1. The molecule has 0 unspecified atom stereocenters. The first-order valence-corrected chi connectivity index (χ1v) is 2.91. The normalized spacial score (nSPS) is 12.1. The van der Waals surface area contributed by atoms with Gasteiger partial charge < -0.3 is 16.6 Å². The summed E-state index contributed by atoms with van der Waals surface area (Å²) in [6, 6.07) is -1.10. The number of amides is 1. The average Bonchev–Trinajstić information content (AvgIpc) is 1.87. The van der Waals surface area contributed by atoms with Crippen LogP contribution in [0.3, 0.4) is 0 Å². The molecule has 62 valence electrons. The zero-order chi connectivity index (χ0) is 9.02. The highest BCUT2D eigenvalue weighted by Crippen LogP contribution is 1.99. The molecule has 0 saturated heterocycles. The fourth-order valence-electron chi connectivity index (χ4n) is 0.453. The van der Waals surface area contributed by atoms with Crippen LogP contribution in [0.2, 0.25) is 0 Å². The Kier molecular flexibility index (Phi) is 3.26. The summed E-state index contributed by atoms with van der Waals surface area (Å²) in [6.45, 7) is 3.26. The molecule has 0 radical (unpaired) electrons. The van der Waals surface area contributed by atoms with E-state index in [0.717, 1.165) is 0 Å². The van der Waals surface area contributed by atoms with E-state index in [9.17, 15) is 9.59 Å². The Labute approximate surface area is 63.7 Å². The molecule has 0 aromatic carbocycles. The lowest BCUT2D eigenvalue weighted by molar-refractivity contribution is -0.138. The SMILES string of the molecule is C=C(C[C@@H](N)C(=O)O)C(N)=O. The maximum absolute atomic E-state index is 10.3. The van der Waals surface area contributed by atoms with E-state index in [-0.39, 0.29) is 12.0 Å². The van der Waals surface area contributed by atoms with Crippen LogP contribution in [0, 0.1) is 0 Å². The number of hydrogen-bond acceptors (Lipinski definition) is 3. The van der Waals surface area contributed by atoms with Gasteiger partial charge in [-0.3, -0.25) is 9.59 Å². The van der Waals surface area contributed by atoms with E-state index in [4.69, 9.17) is 16.6 Å². The molecule has 5 heteroatoms. The second-order valence-electron chi connectivity index (χ2n) is 2.12. The number of carboxylic acids is 1. The number of nitrogens with two attached hydrogens (primary N) is 2. The number of carbonyl (C=O) groups is 2. The average molecular weight is 158 g/mol. The fraction of sp³-hybridized carbons (Fsp3) is 0.333. The molecule has 11 heavy (non-hydrogen) atoms. The Morgan fingerprint density at radius 1 is 1.55 bits per heavy atom. The lowest BCUT2D eigenvalue weighted by Gasteiger charge is -2.04. The third kappa shape index (κ3) is 3.36. The molecule has 1 atom stereocenters. The van der Waals surface area contributed by atoms with E-state index in [1.165, 1.54) is 0 Å². The maximum atomic E-state index is 10.3. The van der Waals surface area contributed by atoms with E-state index in [0.29, 0.717) is 0 Å². The van der Waals surface area contributed by atoms with Gasteiger partial charge in [-0.2, -0.15) is 0 Å². The van der Waals surface area contributed by atoms with Crippen molar-refractivity contribution >= 4 is 11.9 Å². The zero-order valence-corrected chi connectivity index (χ0v) is 5.91. The number of aliphatic carboxylic acids is 1. The largest absolute Gasteiger partial charge is 0.480 e. The van der Waals surface area contributed by atoms with Crippen molar-refractivity contribution in [2.45, 2.75) is 12.5 Å². The molecule has 0 bridgehead atoms. The lowest BCUT2D eigenvalue weighted by Crippen LogP contribution is -2.32. The zero-order valence-electron chi connectivity index (χ0n) is 5.91. The van der Waals surface area contributed by atoms with Crippen molar-refractivity contribution in [1.29, 1.82) is 0 Å². The van der Waals surface area contributed by atoms with Gasteiger partial charge in [0.25, 0.3) is 0 Å². The molecule has 0 fully saturated rings. The Bertz CT molecular complexity index is 200. The van der Waals surface area contributed by atoms with Crippen molar-refractivity contribution in [1.82, 2.24) is 0 Å². The van der Waals surface area contributed by atoms with Crippen LogP contribution in [-0.4, -0.2) is 23.0 Å². The van der Waals surface area contributed by atoms with Crippen LogP contribution in [0.1, 0.15) is 6.42 Å². The second-order valence-corrected chi connectivity index (χ2v) is 2.12. The molecule has 0 aliphatic rings. The maximum Gasteiger partial charge on any atom is 0.320 e. The molecule has 5 N–H and O–H groups in total. The van der Waals surface area contributed by atoms with Crippen LogP contribution in [0.5, 0.6) is 0 Å². The van der Waals surface area contributed by atoms with E-state index >= 15 is 0 Å². The molecule has 1 amide bonds. The third-order valence-corrected chi connectivity index (χ3v) is 1.13. The predicted molar refractivity (Wildman–Crippen MR) is 38.6 cm³/mol. The summed E-state index contributed by atoms with van der Waals surface area (Å²) < 4.78 is 0. The Morgan fingerprint density at radius 3 is 2.27 bits per heavy atom. The molecule has 0 rings (SSSR count). The van der Waals surface area contributed by atoms with Crippen LogP contribution in [0.4, 0.5) is 0 Å². The summed E-state index contributed by atoms with van der Waals surface area (Å²) in [6.07, 6.45) is -0.106. The van der Waals surface area contributed by atoms with Crippen LogP contribution in [0.25, 0.3) is 0 Å². The summed E-state index contributed by atoms with van der Waals surface area (Å²) in [5, 5.41) is 8.29. The van der Waals surface area contributed by atoms with Crippen molar-refractivity contribution < 1.29 is 14.7 Å². The second kappa shape index (κ2) is 3.72. The number of carbonyl (C=O) groups excluding carboxylic acids is 1. The smallest absolute Gasteiger partial charge is 0.320 e. The summed E-state index contributed by atoms with van der Waals surface area (Å²) >= 11 is 0. The minimum Gasteiger partial charge on any atom is -0.480 e. The minimum atomic E-state index is -1.17. The van der Waals surface area contributed by atoms with Gasteiger partial charge in [0, 0.05) is 12.0 Å². The van der Waals surface area contributed by atoms with Gasteiger partial charge in [-0.25, -0.2) is 0 Å². The third-order valence-electron chi connectivity index (χ3n) is 1.13. The van der Waals surface area contributed by atoms with Crippen molar-refractivity contribution in [2.24, 2.45) is 11.5 Å². The van der Waals surface area contributed by atoms with Crippen molar-refractivity contribution in [3.8, 4) is 0 Å². The van der Waals surface area contributed by atoms with Crippen LogP contribution in [-0.2, 0) is 9.59 Å². The summed E-state index contributed by atoms with van der Waals surface area (Å²) in [7, 11) is 0. The minimum absolute atomic E-state index is 0.0277. The van der Waals surface area contributed by atoms with Gasteiger partial charge in [0.15, 0.2) is 0 Å². The van der Waals surface area contributed by atoms with Gasteiger partial charge in [0.1, 0.15) is 6.04 Å². The first-order chi connectivity index (χ1) is 4.95. The molecule has 0 aromatic heterocycles. The molecule has 0 aliphatic heterocycles. The lowest BCUT2D eigenvalue weighted by atomic mass is 10.1. The van der Waals surface area contributed by atoms with E-state index < -0.39 is 17.9 Å². The van der Waals surface area contributed by atoms with Crippen molar-refractivity contribution in [3.63, 3.8) is 0 Å². The Balaban J connectivity index is 3.95. The predicted octanol–water partition coefficient (Wildman–Crippen LogP) is -1.17. The highest BCUT2D eigenvalue weighted by molar-refractivity contribution is 5.92. The van der Waals surface area contributed by atoms with Gasteiger partial charge in [-0.1, -0.05) is 6.58 Å². The molecule has 0 spiro atoms. The number of rotatable bonds is 4. The molecule has 5 nitrogen and oxygen atoms in total. The first-order valence-electron chi connectivity index (χ1n) is 2.91. The van der Waals surface area contributed by atoms with Gasteiger partial charge >= 0.3 is 5.97 Å². The standard InChI is InChI=1S/C6H10N2O3/c1-3(5(8)9)2-4(7)6(10)11/h4H,1-2,7H2,(H2,8,9)(H,10,11)/t4-/m1/s1. The van der Waals surface area contributed by atoms with E-state index in [2.05, 4.69) is 6.58 Å². The topological polar surface area (TPSA) is 106 Å². The van der Waals surface area contributed by atoms with Crippen molar-refractivity contribution in [3.05, 3.63) is 12.2 Å². The molecule has 0 saturated carbocycles. The van der Waals surface area contributed by atoms with E-state index in [1.807, 2.05) is 0 Å². The molecule has 0 aliphatic carbocycles. The van der Waals surface area contributed by atoms with Crippen molar-refractivity contribution in [2.75, 3.05) is 0 Å². The molecular formula is C6H10N2O3. The van der Waals surface area contributed by atoms with Crippen LogP contribution in [0.15, 0.2) is 12.2 Å².